The number of piperidine rings is 1. The van der Waals surface area contributed by atoms with E-state index in [2.05, 4.69) is 15.6 Å². The number of aliphatic carboxylic acids is 1. The van der Waals surface area contributed by atoms with Crippen molar-refractivity contribution in [1.82, 2.24) is 20.5 Å². The Morgan fingerprint density at radius 2 is 1.89 bits per heavy atom. The fourth-order valence-corrected chi connectivity index (χ4v) is 5.94. The van der Waals surface area contributed by atoms with Crippen LogP contribution in [-0.4, -0.2) is 57.4 Å². The van der Waals surface area contributed by atoms with Crippen LogP contribution in [0.2, 0.25) is 0 Å². The number of halogens is 2. The number of likely N-dealkylation sites (tertiary alicyclic amines) is 1. The predicted octanol–water partition coefficient (Wildman–Crippen LogP) is 2.83. The molecule has 2 aliphatic carbocycles. The summed E-state index contributed by atoms with van der Waals surface area (Å²) < 4.78 is 0. The van der Waals surface area contributed by atoms with Gasteiger partial charge in [0.15, 0.2) is 0 Å². The number of fused-ring (bicyclic) bond motifs is 1. The average Bonchev–Trinajstić information content (AvgIpc) is 3.57. The van der Waals surface area contributed by atoms with E-state index in [0.717, 1.165) is 49.8 Å². The van der Waals surface area contributed by atoms with E-state index in [0.29, 0.717) is 37.7 Å². The molecule has 2 saturated carbocycles. The number of aryl methyl sites for hydroxylation is 1. The van der Waals surface area contributed by atoms with Crippen LogP contribution in [0.25, 0.3) is 0 Å². The molecule has 36 heavy (non-hydrogen) atoms. The minimum Gasteiger partial charge on any atom is -0.480 e. The second-order valence-corrected chi connectivity index (χ2v) is 10.2. The predicted molar refractivity (Wildman–Crippen MR) is 142 cm³/mol. The van der Waals surface area contributed by atoms with Gasteiger partial charge in [-0.3, -0.25) is 19.7 Å². The molecule has 0 unspecified atom stereocenters. The number of pyridine rings is 1. The lowest BCUT2D eigenvalue weighted by Crippen LogP contribution is -2.59. The van der Waals surface area contributed by atoms with Crippen molar-refractivity contribution in [3.63, 3.8) is 0 Å². The zero-order valence-corrected chi connectivity index (χ0v) is 22.5. The number of nitrogen functional groups attached to an aromatic ring is 1. The Kier molecular flexibility index (Phi) is 10.8. The van der Waals surface area contributed by atoms with Gasteiger partial charge in [0.2, 0.25) is 11.8 Å². The van der Waals surface area contributed by atoms with E-state index in [-0.39, 0.29) is 49.1 Å². The maximum atomic E-state index is 13.8. The molecule has 0 spiro atoms. The highest BCUT2D eigenvalue weighted by Gasteiger charge is 2.66. The maximum Gasteiger partial charge on any atom is 0.317 e. The van der Waals surface area contributed by atoms with E-state index in [1.54, 1.807) is 11.0 Å². The average molecular weight is 545 g/mol. The Hall–Kier alpha value is -2.10. The van der Waals surface area contributed by atoms with Crippen molar-refractivity contribution in [3.8, 4) is 0 Å². The van der Waals surface area contributed by atoms with Crippen molar-refractivity contribution in [3.05, 3.63) is 23.4 Å². The number of rotatable bonds is 9. The molecule has 1 aliphatic heterocycles. The number of aromatic nitrogens is 1. The van der Waals surface area contributed by atoms with Crippen LogP contribution in [-0.2, 0) is 20.9 Å². The molecule has 1 saturated heterocycles. The van der Waals surface area contributed by atoms with E-state index in [1.165, 1.54) is 6.42 Å². The van der Waals surface area contributed by atoms with Crippen molar-refractivity contribution >= 4 is 48.4 Å². The van der Waals surface area contributed by atoms with E-state index in [1.807, 2.05) is 13.0 Å². The van der Waals surface area contributed by atoms with Crippen LogP contribution in [0.3, 0.4) is 0 Å². The topological polar surface area (TPSA) is 138 Å². The first-order valence-corrected chi connectivity index (χ1v) is 12.6. The van der Waals surface area contributed by atoms with Gasteiger partial charge >= 0.3 is 5.97 Å². The van der Waals surface area contributed by atoms with E-state index >= 15 is 0 Å². The third-order valence-corrected chi connectivity index (χ3v) is 7.90. The number of amides is 2. The van der Waals surface area contributed by atoms with Gasteiger partial charge in [0.25, 0.3) is 0 Å². The summed E-state index contributed by atoms with van der Waals surface area (Å²) in [5, 5.41) is 15.2. The lowest BCUT2D eigenvalue weighted by atomic mass is 9.84. The number of carbonyl (C=O) groups excluding carboxylic acids is 2. The second-order valence-electron chi connectivity index (χ2n) is 10.2. The normalized spacial score (nSPS) is 23.9. The summed E-state index contributed by atoms with van der Waals surface area (Å²) in [4.78, 5) is 44.5. The molecule has 4 rings (SSSR count). The molecule has 0 radical (unpaired) electrons. The summed E-state index contributed by atoms with van der Waals surface area (Å²) in [5.41, 5.74) is 6.58. The van der Waals surface area contributed by atoms with Crippen LogP contribution in [0.5, 0.6) is 0 Å². The van der Waals surface area contributed by atoms with Gasteiger partial charge in [0.1, 0.15) is 11.4 Å². The number of nitrogens with two attached hydrogens (primary N) is 1. The SMILES string of the molecule is Cc1nc(N)ccc1CNC(=O)[C@]12C[C@H]1CCCN2C(=O)[C@@H](CC1CCCCC1)NCC(=O)O.Cl.Cl. The van der Waals surface area contributed by atoms with Gasteiger partial charge < -0.3 is 21.1 Å². The van der Waals surface area contributed by atoms with Crippen molar-refractivity contribution < 1.29 is 19.5 Å². The minimum absolute atomic E-state index is 0. The number of hydrogen-bond acceptors (Lipinski definition) is 6. The van der Waals surface area contributed by atoms with Gasteiger partial charge in [-0.1, -0.05) is 38.2 Å². The minimum atomic E-state index is -0.982. The van der Waals surface area contributed by atoms with Crippen molar-refractivity contribution in [2.45, 2.75) is 82.8 Å². The van der Waals surface area contributed by atoms with Gasteiger partial charge in [0, 0.05) is 18.8 Å². The maximum absolute atomic E-state index is 13.8. The third-order valence-electron chi connectivity index (χ3n) is 7.90. The van der Waals surface area contributed by atoms with E-state index < -0.39 is 17.6 Å². The van der Waals surface area contributed by atoms with Crippen LogP contribution in [0.4, 0.5) is 5.82 Å². The number of nitrogens with zero attached hydrogens (tertiary/aromatic N) is 2. The molecule has 202 valence electrons. The van der Waals surface area contributed by atoms with Crippen molar-refractivity contribution in [2.75, 3.05) is 18.8 Å². The molecule has 0 aromatic carbocycles. The molecule has 3 atom stereocenters. The molecule has 0 bridgehead atoms. The zero-order valence-electron chi connectivity index (χ0n) is 20.8. The quantitative estimate of drug-likeness (QED) is 0.375. The van der Waals surface area contributed by atoms with Crippen molar-refractivity contribution in [2.24, 2.45) is 11.8 Å². The molecule has 3 aliphatic rings. The Bertz CT molecular complexity index is 943. The monoisotopic (exact) mass is 543 g/mol. The molecule has 5 N–H and O–H groups in total. The summed E-state index contributed by atoms with van der Waals surface area (Å²) >= 11 is 0. The van der Waals surface area contributed by atoms with Gasteiger partial charge in [-0.05, 0) is 56.1 Å². The molecular formula is C25H39Cl2N5O4. The number of nitrogens with one attached hydrogen (secondary N) is 2. The molecule has 3 fully saturated rings. The second kappa shape index (κ2) is 12.9. The van der Waals surface area contributed by atoms with Crippen LogP contribution >= 0.6 is 24.8 Å². The van der Waals surface area contributed by atoms with Gasteiger partial charge in [-0.15, -0.1) is 24.8 Å². The first-order valence-electron chi connectivity index (χ1n) is 12.6. The first-order chi connectivity index (χ1) is 16.3. The number of anilines is 1. The summed E-state index contributed by atoms with van der Waals surface area (Å²) in [6.45, 7) is 2.46. The summed E-state index contributed by atoms with van der Waals surface area (Å²) in [5.74, 6) is -0.231. The highest BCUT2D eigenvalue weighted by atomic mass is 35.5. The smallest absolute Gasteiger partial charge is 0.317 e. The number of hydrogen-bond donors (Lipinski definition) is 4. The fourth-order valence-electron chi connectivity index (χ4n) is 5.94. The standard InChI is InChI=1S/C25H37N5O4.2ClH/c1-16-18(9-10-21(26)29-16)14-28-24(34)25-13-19(25)8-5-11-30(25)23(33)20(27-15-22(31)32)12-17-6-3-2-4-7-17;;/h9-10,17,19-20,27H,2-8,11-15H2,1H3,(H2,26,29)(H,28,34)(H,31,32);2*1H/t19-,20-,25+;;/m1../s1. The van der Waals surface area contributed by atoms with Gasteiger partial charge in [-0.25, -0.2) is 4.98 Å². The number of carboxylic acids is 1. The highest BCUT2D eigenvalue weighted by molar-refractivity contribution is 5.96. The van der Waals surface area contributed by atoms with E-state index in [9.17, 15) is 19.5 Å². The Morgan fingerprint density at radius 1 is 1.17 bits per heavy atom. The highest BCUT2D eigenvalue weighted by Crippen LogP contribution is 2.54. The van der Waals surface area contributed by atoms with Crippen LogP contribution in [0.15, 0.2) is 12.1 Å². The Balaban J connectivity index is 0.00000228. The molecular weight excluding hydrogens is 505 g/mol. The molecule has 11 heteroatoms. The lowest BCUT2D eigenvalue weighted by Gasteiger charge is -2.38. The largest absolute Gasteiger partial charge is 0.480 e. The zero-order chi connectivity index (χ0) is 24.3. The molecule has 9 nitrogen and oxygen atoms in total. The Morgan fingerprint density at radius 3 is 2.56 bits per heavy atom. The molecule has 1 aromatic rings. The third kappa shape index (κ3) is 6.61. The van der Waals surface area contributed by atoms with Crippen LogP contribution in [0, 0.1) is 18.8 Å². The first kappa shape index (κ1) is 30.1. The van der Waals surface area contributed by atoms with Gasteiger partial charge in [-0.2, -0.15) is 0 Å². The molecule has 2 heterocycles. The molecule has 2 amide bonds. The number of carbonyl (C=O) groups is 3. The molecule has 1 aromatic heterocycles. The summed E-state index contributed by atoms with van der Waals surface area (Å²) in [7, 11) is 0. The van der Waals surface area contributed by atoms with Gasteiger partial charge in [0.05, 0.1) is 12.6 Å². The van der Waals surface area contributed by atoms with Crippen molar-refractivity contribution in [1.29, 1.82) is 0 Å². The summed E-state index contributed by atoms with van der Waals surface area (Å²) in [6.07, 6.45) is 8.75. The van der Waals surface area contributed by atoms with Crippen LogP contribution < -0.4 is 16.4 Å². The van der Waals surface area contributed by atoms with E-state index in [4.69, 9.17) is 5.73 Å². The lowest BCUT2D eigenvalue weighted by molar-refractivity contribution is -0.146. The van der Waals surface area contributed by atoms with Crippen LogP contribution in [0.1, 0.15) is 69.0 Å². The Labute approximate surface area is 225 Å². The number of carboxylic acid groups (broad SMARTS) is 1. The summed E-state index contributed by atoms with van der Waals surface area (Å²) in [6, 6.07) is 3.00. The fraction of sp³-hybridized carbons (Fsp3) is 0.680.